The van der Waals surface area contributed by atoms with Crippen LogP contribution in [0.25, 0.3) is 0 Å². The van der Waals surface area contributed by atoms with Crippen molar-refractivity contribution < 1.29 is 4.74 Å². The molecule has 1 saturated heterocycles. The zero-order valence-corrected chi connectivity index (χ0v) is 16.7. The molecule has 1 fully saturated rings. The SMILES string of the molecule is CC(C)(C=C1SCCCS1)Cc1ccc(OCc2ccccc2)cc1. The molecule has 1 heterocycles. The van der Waals surface area contributed by atoms with E-state index in [0.717, 1.165) is 12.2 Å². The third-order valence-electron chi connectivity index (χ3n) is 4.12. The largest absolute Gasteiger partial charge is 0.489 e. The zero-order valence-electron chi connectivity index (χ0n) is 15.0. The molecule has 3 rings (SSSR count). The molecule has 0 N–H and O–H groups in total. The van der Waals surface area contributed by atoms with Crippen molar-refractivity contribution in [2.45, 2.75) is 33.3 Å². The Balaban J connectivity index is 1.56. The summed E-state index contributed by atoms with van der Waals surface area (Å²) >= 11 is 4.02. The van der Waals surface area contributed by atoms with Gasteiger partial charge in [-0.15, -0.1) is 23.5 Å². The maximum Gasteiger partial charge on any atom is 0.119 e. The molecule has 0 atom stereocenters. The van der Waals surface area contributed by atoms with Crippen LogP contribution < -0.4 is 4.74 Å². The van der Waals surface area contributed by atoms with Crippen LogP contribution in [0.5, 0.6) is 5.75 Å². The van der Waals surface area contributed by atoms with Gasteiger partial charge in [0.15, 0.2) is 0 Å². The minimum Gasteiger partial charge on any atom is -0.489 e. The molecule has 25 heavy (non-hydrogen) atoms. The van der Waals surface area contributed by atoms with Gasteiger partial charge >= 0.3 is 0 Å². The van der Waals surface area contributed by atoms with Crippen LogP contribution in [0.4, 0.5) is 0 Å². The highest BCUT2D eigenvalue weighted by Crippen LogP contribution is 2.38. The van der Waals surface area contributed by atoms with Crippen LogP contribution in [0.1, 0.15) is 31.4 Å². The predicted octanol–water partition coefficient (Wildman–Crippen LogP) is 6.55. The molecule has 2 aromatic rings. The van der Waals surface area contributed by atoms with Crippen LogP contribution >= 0.6 is 23.5 Å². The first-order valence-electron chi connectivity index (χ1n) is 8.85. The van der Waals surface area contributed by atoms with Crippen molar-refractivity contribution in [3.8, 4) is 5.75 Å². The third kappa shape index (κ3) is 6.16. The van der Waals surface area contributed by atoms with Gasteiger partial charge < -0.3 is 4.74 Å². The Hall–Kier alpha value is -1.32. The Morgan fingerprint density at radius 3 is 2.28 bits per heavy atom. The van der Waals surface area contributed by atoms with E-state index in [0.29, 0.717) is 6.61 Å². The van der Waals surface area contributed by atoms with Gasteiger partial charge in [0.1, 0.15) is 12.4 Å². The Morgan fingerprint density at radius 1 is 0.920 bits per heavy atom. The number of ether oxygens (including phenoxy) is 1. The first-order valence-corrected chi connectivity index (χ1v) is 10.8. The summed E-state index contributed by atoms with van der Waals surface area (Å²) in [5.41, 5.74) is 2.74. The number of hydrogen-bond acceptors (Lipinski definition) is 3. The van der Waals surface area contributed by atoms with Gasteiger partial charge in [-0.05, 0) is 53.0 Å². The van der Waals surface area contributed by atoms with Gasteiger partial charge in [0.05, 0.1) is 0 Å². The Labute approximate surface area is 160 Å². The van der Waals surface area contributed by atoms with E-state index in [4.69, 9.17) is 4.74 Å². The van der Waals surface area contributed by atoms with Gasteiger partial charge in [0.2, 0.25) is 0 Å². The van der Waals surface area contributed by atoms with Crippen LogP contribution in [0.3, 0.4) is 0 Å². The average Bonchev–Trinajstić information content (AvgIpc) is 2.62. The lowest BCUT2D eigenvalue weighted by Crippen LogP contribution is -2.12. The normalized spacial score (nSPS) is 15.0. The molecule has 1 aliphatic heterocycles. The van der Waals surface area contributed by atoms with E-state index in [1.807, 2.05) is 41.7 Å². The van der Waals surface area contributed by atoms with Crippen LogP contribution in [0.2, 0.25) is 0 Å². The fraction of sp³-hybridized carbons (Fsp3) is 0.364. The van der Waals surface area contributed by atoms with Crippen molar-refractivity contribution in [1.29, 1.82) is 0 Å². The molecular formula is C22H26OS2. The van der Waals surface area contributed by atoms with E-state index in [2.05, 4.69) is 56.3 Å². The number of allylic oxidation sites excluding steroid dienone is 1. The fourth-order valence-electron chi connectivity index (χ4n) is 2.87. The topological polar surface area (TPSA) is 9.23 Å². The van der Waals surface area contributed by atoms with E-state index in [1.165, 1.54) is 33.3 Å². The standard InChI is InChI=1S/C22H26OS2/c1-22(2,16-21-24-13-6-14-25-21)15-18-9-11-20(12-10-18)23-17-19-7-4-3-5-8-19/h3-5,7-12,16H,6,13-15,17H2,1-2H3. The van der Waals surface area contributed by atoms with Crippen molar-refractivity contribution >= 4 is 23.5 Å². The quantitative estimate of drug-likeness (QED) is 0.571. The lowest BCUT2D eigenvalue weighted by molar-refractivity contribution is 0.306. The molecule has 1 nitrogen and oxygen atoms in total. The summed E-state index contributed by atoms with van der Waals surface area (Å²) in [5.74, 6) is 3.47. The van der Waals surface area contributed by atoms with E-state index >= 15 is 0 Å². The average molecular weight is 371 g/mol. The summed E-state index contributed by atoms with van der Waals surface area (Å²) in [6.07, 6.45) is 4.84. The highest BCUT2D eigenvalue weighted by Gasteiger charge is 2.18. The summed E-state index contributed by atoms with van der Waals surface area (Å²) in [4.78, 5) is 0. The van der Waals surface area contributed by atoms with Crippen molar-refractivity contribution in [2.24, 2.45) is 5.41 Å². The van der Waals surface area contributed by atoms with Crippen molar-refractivity contribution in [3.63, 3.8) is 0 Å². The molecule has 0 bridgehead atoms. The maximum absolute atomic E-state index is 5.88. The van der Waals surface area contributed by atoms with Gasteiger partial charge in [-0.1, -0.05) is 62.4 Å². The van der Waals surface area contributed by atoms with Crippen LogP contribution in [0, 0.1) is 5.41 Å². The predicted molar refractivity (Wildman–Crippen MR) is 112 cm³/mol. The number of hydrogen-bond donors (Lipinski definition) is 0. The molecular weight excluding hydrogens is 344 g/mol. The molecule has 1 aliphatic rings. The van der Waals surface area contributed by atoms with Crippen molar-refractivity contribution in [2.75, 3.05) is 11.5 Å². The zero-order chi connectivity index (χ0) is 17.5. The second-order valence-electron chi connectivity index (χ2n) is 7.10. The minimum absolute atomic E-state index is 0.180. The summed E-state index contributed by atoms with van der Waals surface area (Å²) < 4.78 is 7.38. The Morgan fingerprint density at radius 2 is 1.60 bits per heavy atom. The Kier molecular flexibility index (Phi) is 6.55. The summed E-state index contributed by atoms with van der Waals surface area (Å²) in [6, 6.07) is 18.9. The fourth-order valence-corrected chi connectivity index (χ4v) is 5.67. The second kappa shape index (κ2) is 8.86. The van der Waals surface area contributed by atoms with E-state index in [1.54, 1.807) is 0 Å². The van der Waals surface area contributed by atoms with Crippen LogP contribution in [-0.2, 0) is 13.0 Å². The van der Waals surface area contributed by atoms with Crippen molar-refractivity contribution in [3.05, 3.63) is 76.0 Å². The van der Waals surface area contributed by atoms with E-state index < -0.39 is 0 Å². The molecule has 0 radical (unpaired) electrons. The van der Waals surface area contributed by atoms with Gasteiger partial charge in [0.25, 0.3) is 0 Å². The molecule has 2 aromatic carbocycles. The first-order chi connectivity index (χ1) is 12.1. The lowest BCUT2D eigenvalue weighted by Gasteiger charge is -2.24. The first kappa shape index (κ1) is 18.5. The van der Waals surface area contributed by atoms with Crippen LogP contribution in [-0.4, -0.2) is 11.5 Å². The molecule has 0 saturated carbocycles. The second-order valence-corrected chi connectivity index (χ2v) is 9.63. The molecule has 0 amide bonds. The highest BCUT2D eigenvalue weighted by molar-refractivity contribution is 8.22. The summed E-state index contributed by atoms with van der Waals surface area (Å²) in [7, 11) is 0. The summed E-state index contributed by atoms with van der Waals surface area (Å²) in [6.45, 7) is 5.28. The molecule has 3 heteroatoms. The van der Waals surface area contributed by atoms with E-state index in [-0.39, 0.29) is 5.41 Å². The van der Waals surface area contributed by atoms with Crippen molar-refractivity contribution in [1.82, 2.24) is 0 Å². The lowest BCUT2D eigenvalue weighted by atomic mass is 9.86. The molecule has 0 aromatic heterocycles. The maximum atomic E-state index is 5.88. The number of benzene rings is 2. The van der Waals surface area contributed by atoms with Crippen LogP contribution in [0.15, 0.2) is 64.9 Å². The molecule has 0 aliphatic carbocycles. The Bertz CT molecular complexity index is 682. The van der Waals surface area contributed by atoms with Gasteiger partial charge in [-0.2, -0.15) is 0 Å². The summed E-state index contributed by atoms with van der Waals surface area (Å²) in [5, 5.41) is 0. The minimum atomic E-state index is 0.180. The van der Waals surface area contributed by atoms with E-state index in [9.17, 15) is 0 Å². The molecule has 132 valence electrons. The molecule has 0 spiro atoms. The van der Waals surface area contributed by atoms with Gasteiger partial charge in [-0.3, -0.25) is 0 Å². The van der Waals surface area contributed by atoms with Gasteiger partial charge in [-0.25, -0.2) is 0 Å². The highest BCUT2D eigenvalue weighted by atomic mass is 32.2. The third-order valence-corrected chi connectivity index (χ3v) is 6.61. The monoisotopic (exact) mass is 370 g/mol. The molecule has 0 unspecified atom stereocenters. The smallest absolute Gasteiger partial charge is 0.119 e. The number of thioether (sulfide) groups is 2. The van der Waals surface area contributed by atoms with Gasteiger partial charge in [0, 0.05) is 4.24 Å². The number of rotatable bonds is 6.